The lowest BCUT2D eigenvalue weighted by Crippen LogP contribution is -2.14. The van der Waals surface area contributed by atoms with Gasteiger partial charge in [0.05, 0.1) is 5.69 Å². The standard InChI is InChI=1S/C28H24Br3N3/c1-3-34(4-2)33-32-25-17-26(19-5-11-22(29)12-6-19)28(21-9-15-24(31)16-10-21)27(18-25)20-7-13-23(30)14-8-20/h5-18H,3-4H2,1-2H3. The molecule has 0 N–H and O–H groups in total. The Hall–Kier alpha value is -2.28. The van der Waals surface area contributed by atoms with E-state index in [1.165, 1.54) is 5.56 Å². The van der Waals surface area contributed by atoms with E-state index in [0.29, 0.717) is 0 Å². The zero-order valence-corrected chi connectivity index (χ0v) is 23.7. The van der Waals surface area contributed by atoms with Gasteiger partial charge >= 0.3 is 0 Å². The van der Waals surface area contributed by atoms with E-state index in [4.69, 9.17) is 0 Å². The van der Waals surface area contributed by atoms with Crippen molar-refractivity contribution in [2.75, 3.05) is 13.1 Å². The van der Waals surface area contributed by atoms with Crippen molar-refractivity contribution >= 4 is 53.5 Å². The summed E-state index contributed by atoms with van der Waals surface area (Å²) in [5.41, 5.74) is 7.61. The van der Waals surface area contributed by atoms with Gasteiger partial charge in [-0.25, -0.2) is 0 Å². The molecule has 0 aliphatic carbocycles. The molecule has 172 valence electrons. The van der Waals surface area contributed by atoms with Gasteiger partial charge in [0, 0.05) is 26.5 Å². The highest BCUT2D eigenvalue weighted by Gasteiger charge is 2.17. The lowest BCUT2D eigenvalue weighted by atomic mass is 9.87. The molecular formula is C28H24Br3N3. The first-order valence-corrected chi connectivity index (χ1v) is 13.5. The van der Waals surface area contributed by atoms with Crippen LogP contribution in [0.3, 0.4) is 0 Å². The lowest BCUT2D eigenvalue weighted by molar-refractivity contribution is 0.301. The summed E-state index contributed by atoms with van der Waals surface area (Å²) in [5.74, 6) is 0. The van der Waals surface area contributed by atoms with E-state index in [-0.39, 0.29) is 0 Å². The molecule has 4 aromatic rings. The van der Waals surface area contributed by atoms with Gasteiger partial charge in [-0.05, 0) is 95.8 Å². The maximum atomic E-state index is 4.63. The van der Waals surface area contributed by atoms with Crippen molar-refractivity contribution in [1.82, 2.24) is 5.01 Å². The normalized spacial score (nSPS) is 11.2. The number of hydrogen-bond donors (Lipinski definition) is 0. The SMILES string of the molecule is CCN(CC)N=Nc1cc(-c2ccc(Br)cc2)c(-c2ccc(Br)cc2)c(-c2ccc(Br)cc2)c1. The molecule has 3 nitrogen and oxygen atoms in total. The van der Waals surface area contributed by atoms with Crippen LogP contribution in [-0.4, -0.2) is 18.1 Å². The van der Waals surface area contributed by atoms with Crippen LogP contribution in [0.15, 0.2) is 109 Å². The number of rotatable bonds is 7. The van der Waals surface area contributed by atoms with Crippen molar-refractivity contribution in [2.45, 2.75) is 13.8 Å². The molecule has 6 heteroatoms. The second-order valence-electron chi connectivity index (χ2n) is 7.76. The molecule has 0 saturated heterocycles. The van der Waals surface area contributed by atoms with Gasteiger partial charge in [-0.15, -0.1) is 5.11 Å². The predicted octanol–water partition coefficient (Wildman–Crippen LogP) is 10.3. The van der Waals surface area contributed by atoms with Crippen LogP contribution in [0, 0.1) is 0 Å². The van der Waals surface area contributed by atoms with Crippen LogP contribution in [0.4, 0.5) is 5.69 Å². The molecule has 4 aromatic carbocycles. The van der Waals surface area contributed by atoms with Gasteiger partial charge in [0.1, 0.15) is 0 Å². The van der Waals surface area contributed by atoms with Crippen molar-refractivity contribution in [3.8, 4) is 33.4 Å². The van der Waals surface area contributed by atoms with E-state index in [9.17, 15) is 0 Å². The summed E-state index contributed by atoms with van der Waals surface area (Å²) >= 11 is 10.7. The molecule has 0 atom stereocenters. The fourth-order valence-corrected chi connectivity index (χ4v) is 4.58. The first-order valence-electron chi connectivity index (χ1n) is 11.1. The van der Waals surface area contributed by atoms with E-state index < -0.39 is 0 Å². The van der Waals surface area contributed by atoms with Gasteiger partial charge in [0.15, 0.2) is 0 Å². The average Bonchev–Trinajstić information content (AvgIpc) is 2.86. The summed E-state index contributed by atoms with van der Waals surface area (Å²) in [6.07, 6.45) is 0. The Morgan fingerprint density at radius 3 is 1.35 bits per heavy atom. The van der Waals surface area contributed by atoms with Crippen LogP contribution in [0.1, 0.15) is 13.8 Å². The Labute approximate surface area is 226 Å². The summed E-state index contributed by atoms with van der Waals surface area (Å²) in [4.78, 5) is 0. The minimum atomic E-state index is 0.816. The van der Waals surface area contributed by atoms with Crippen molar-refractivity contribution in [2.24, 2.45) is 10.3 Å². The van der Waals surface area contributed by atoms with Crippen LogP contribution in [0.5, 0.6) is 0 Å². The topological polar surface area (TPSA) is 28.0 Å². The van der Waals surface area contributed by atoms with Crippen LogP contribution in [0.25, 0.3) is 33.4 Å². The molecule has 0 fully saturated rings. The number of halogens is 3. The summed E-state index contributed by atoms with van der Waals surface area (Å²) in [6.45, 7) is 5.80. The summed E-state index contributed by atoms with van der Waals surface area (Å²) in [5, 5.41) is 11.1. The Morgan fingerprint density at radius 1 is 0.588 bits per heavy atom. The molecular weight excluding hydrogens is 618 g/mol. The zero-order chi connectivity index (χ0) is 24.1. The molecule has 0 spiro atoms. The van der Waals surface area contributed by atoms with Gasteiger partial charge in [-0.2, -0.15) is 0 Å². The number of nitrogens with zero attached hydrogens (tertiary/aromatic N) is 3. The maximum Gasteiger partial charge on any atom is 0.0887 e. The minimum absolute atomic E-state index is 0.816. The molecule has 0 radical (unpaired) electrons. The third-order valence-corrected chi connectivity index (χ3v) is 7.17. The highest BCUT2D eigenvalue weighted by molar-refractivity contribution is 9.11. The van der Waals surface area contributed by atoms with E-state index in [1.54, 1.807) is 0 Å². The molecule has 0 amide bonds. The van der Waals surface area contributed by atoms with Crippen molar-refractivity contribution in [3.05, 3.63) is 98.3 Å². The first-order chi connectivity index (χ1) is 16.5. The zero-order valence-electron chi connectivity index (χ0n) is 19.0. The van der Waals surface area contributed by atoms with Gasteiger partial charge < -0.3 is 0 Å². The molecule has 0 aliphatic heterocycles. The fraction of sp³-hybridized carbons (Fsp3) is 0.143. The smallest absolute Gasteiger partial charge is 0.0887 e. The summed E-state index contributed by atoms with van der Waals surface area (Å²) in [7, 11) is 0. The molecule has 0 bridgehead atoms. The van der Waals surface area contributed by atoms with Crippen LogP contribution >= 0.6 is 47.8 Å². The number of benzene rings is 4. The third-order valence-electron chi connectivity index (χ3n) is 5.58. The summed E-state index contributed by atoms with van der Waals surface area (Å²) in [6, 6.07) is 29.6. The first kappa shape index (κ1) is 24.8. The third kappa shape index (κ3) is 5.85. The monoisotopic (exact) mass is 639 g/mol. The Morgan fingerprint density at radius 2 is 0.971 bits per heavy atom. The highest BCUT2D eigenvalue weighted by Crippen LogP contribution is 2.43. The quantitative estimate of drug-likeness (QED) is 0.146. The second kappa shape index (κ2) is 11.4. The van der Waals surface area contributed by atoms with Crippen molar-refractivity contribution in [1.29, 1.82) is 0 Å². The van der Waals surface area contributed by atoms with E-state index >= 15 is 0 Å². The van der Waals surface area contributed by atoms with E-state index in [2.05, 4.69) is 157 Å². The predicted molar refractivity (Wildman–Crippen MR) is 153 cm³/mol. The van der Waals surface area contributed by atoms with Gasteiger partial charge in [0.2, 0.25) is 0 Å². The largest absolute Gasteiger partial charge is 0.279 e. The average molecular weight is 642 g/mol. The lowest BCUT2D eigenvalue weighted by Gasteiger charge is -2.18. The van der Waals surface area contributed by atoms with Gasteiger partial charge in [-0.3, -0.25) is 5.01 Å². The van der Waals surface area contributed by atoms with Crippen molar-refractivity contribution < 1.29 is 0 Å². The highest BCUT2D eigenvalue weighted by atomic mass is 79.9. The van der Waals surface area contributed by atoms with Gasteiger partial charge in [-0.1, -0.05) is 89.4 Å². The molecule has 0 aliphatic rings. The minimum Gasteiger partial charge on any atom is -0.279 e. The molecule has 4 rings (SSSR count). The molecule has 0 saturated carbocycles. The molecule has 0 aromatic heterocycles. The van der Waals surface area contributed by atoms with Crippen LogP contribution < -0.4 is 0 Å². The van der Waals surface area contributed by atoms with Crippen LogP contribution in [0.2, 0.25) is 0 Å². The van der Waals surface area contributed by atoms with E-state index in [0.717, 1.165) is 60.0 Å². The Balaban J connectivity index is 2.01. The van der Waals surface area contributed by atoms with E-state index in [1.807, 2.05) is 5.01 Å². The van der Waals surface area contributed by atoms with Crippen LogP contribution in [-0.2, 0) is 0 Å². The summed E-state index contributed by atoms with van der Waals surface area (Å²) < 4.78 is 3.15. The maximum absolute atomic E-state index is 4.63. The number of hydrogen-bond acceptors (Lipinski definition) is 2. The molecule has 34 heavy (non-hydrogen) atoms. The Bertz CT molecular complexity index is 1210. The molecule has 0 unspecified atom stereocenters. The van der Waals surface area contributed by atoms with Crippen molar-refractivity contribution in [3.63, 3.8) is 0 Å². The molecule has 0 heterocycles. The van der Waals surface area contributed by atoms with Gasteiger partial charge in [0.25, 0.3) is 0 Å². The second-order valence-corrected chi connectivity index (χ2v) is 10.5. The fourth-order valence-electron chi connectivity index (χ4n) is 3.79. The Kier molecular flexibility index (Phi) is 8.35.